The SMILES string of the molecule is CCc1ccc(C(C)Nc2ncc(Cl)cc2F)cc1. The number of hydrogen-bond donors (Lipinski definition) is 1. The zero-order chi connectivity index (χ0) is 13.8. The topological polar surface area (TPSA) is 24.9 Å². The quantitative estimate of drug-likeness (QED) is 0.883. The van der Waals surface area contributed by atoms with Gasteiger partial charge in [0.1, 0.15) is 0 Å². The molecule has 0 aliphatic heterocycles. The Labute approximate surface area is 117 Å². The van der Waals surface area contributed by atoms with E-state index < -0.39 is 5.82 Å². The van der Waals surface area contributed by atoms with E-state index in [4.69, 9.17) is 11.6 Å². The minimum atomic E-state index is -0.440. The Hall–Kier alpha value is -1.61. The molecule has 1 aromatic heterocycles. The fraction of sp³-hybridized carbons (Fsp3) is 0.267. The van der Waals surface area contributed by atoms with E-state index in [2.05, 4.69) is 29.4 Å². The molecule has 1 aromatic carbocycles. The maximum Gasteiger partial charge on any atom is 0.166 e. The second-order valence-corrected chi connectivity index (χ2v) is 4.88. The molecule has 2 nitrogen and oxygen atoms in total. The highest BCUT2D eigenvalue weighted by molar-refractivity contribution is 6.30. The molecule has 0 spiro atoms. The summed E-state index contributed by atoms with van der Waals surface area (Å²) in [6, 6.07) is 9.49. The Kier molecular flexibility index (Phi) is 4.38. The van der Waals surface area contributed by atoms with Gasteiger partial charge >= 0.3 is 0 Å². The average Bonchev–Trinajstić information content (AvgIpc) is 2.42. The number of rotatable bonds is 4. The van der Waals surface area contributed by atoms with Crippen molar-refractivity contribution in [2.75, 3.05) is 5.32 Å². The van der Waals surface area contributed by atoms with E-state index in [0.29, 0.717) is 5.02 Å². The van der Waals surface area contributed by atoms with Crippen LogP contribution in [0.25, 0.3) is 0 Å². The number of benzene rings is 1. The molecule has 0 radical (unpaired) electrons. The van der Waals surface area contributed by atoms with Gasteiger partial charge in [0, 0.05) is 6.20 Å². The molecular weight excluding hydrogens is 263 g/mol. The molecule has 1 atom stereocenters. The van der Waals surface area contributed by atoms with Crippen molar-refractivity contribution in [2.45, 2.75) is 26.3 Å². The van der Waals surface area contributed by atoms with E-state index in [1.165, 1.54) is 17.8 Å². The van der Waals surface area contributed by atoms with Crippen LogP contribution in [0.3, 0.4) is 0 Å². The molecule has 0 saturated heterocycles. The molecule has 100 valence electrons. The fourth-order valence-corrected chi connectivity index (χ4v) is 2.00. The highest BCUT2D eigenvalue weighted by Gasteiger charge is 2.10. The summed E-state index contributed by atoms with van der Waals surface area (Å²) < 4.78 is 13.6. The van der Waals surface area contributed by atoms with E-state index in [1.54, 1.807) is 0 Å². The summed E-state index contributed by atoms with van der Waals surface area (Å²) in [4.78, 5) is 3.96. The molecule has 0 amide bonds. The number of pyridine rings is 1. The molecule has 0 aliphatic rings. The molecule has 1 heterocycles. The smallest absolute Gasteiger partial charge is 0.166 e. The average molecular weight is 279 g/mol. The summed E-state index contributed by atoms with van der Waals surface area (Å²) in [5.74, 6) is -0.221. The van der Waals surface area contributed by atoms with Gasteiger partial charge in [0.2, 0.25) is 0 Å². The minimum Gasteiger partial charge on any atom is -0.361 e. The highest BCUT2D eigenvalue weighted by Crippen LogP contribution is 2.22. The normalized spacial score (nSPS) is 12.2. The van der Waals surface area contributed by atoms with Gasteiger partial charge in [0.25, 0.3) is 0 Å². The van der Waals surface area contributed by atoms with Crippen molar-refractivity contribution in [1.82, 2.24) is 4.98 Å². The second kappa shape index (κ2) is 6.02. The Morgan fingerprint density at radius 1 is 1.32 bits per heavy atom. The van der Waals surface area contributed by atoms with Crippen LogP contribution in [0.15, 0.2) is 36.5 Å². The monoisotopic (exact) mass is 278 g/mol. The Balaban J connectivity index is 2.13. The molecule has 0 saturated carbocycles. The number of aromatic nitrogens is 1. The van der Waals surface area contributed by atoms with Gasteiger partial charge in [-0.15, -0.1) is 0 Å². The van der Waals surface area contributed by atoms with E-state index in [9.17, 15) is 4.39 Å². The van der Waals surface area contributed by atoms with E-state index in [-0.39, 0.29) is 11.9 Å². The molecule has 2 rings (SSSR count). The zero-order valence-corrected chi connectivity index (χ0v) is 11.7. The summed E-state index contributed by atoms with van der Waals surface area (Å²) in [7, 11) is 0. The van der Waals surface area contributed by atoms with Crippen molar-refractivity contribution in [1.29, 1.82) is 0 Å². The van der Waals surface area contributed by atoms with Crippen molar-refractivity contribution >= 4 is 17.4 Å². The first kappa shape index (κ1) is 13.8. The highest BCUT2D eigenvalue weighted by atomic mass is 35.5. The molecule has 1 unspecified atom stereocenters. The van der Waals surface area contributed by atoms with Crippen molar-refractivity contribution in [3.05, 3.63) is 58.5 Å². The maximum absolute atomic E-state index is 13.6. The number of aryl methyl sites for hydroxylation is 1. The lowest BCUT2D eigenvalue weighted by molar-refractivity contribution is 0.621. The van der Waals surface area contributed by atoms with Gasteiger partial charge in [-0.05, 0) is 30.5 Å². The van der Waals surface area contributed by atoms with Crippen LogP contribution in [0, 0.1) is 5.82 Å². The lowest BCUT2D eigenvalue weighted by Gasteiger charge is -2.15. The van der Waals surface area contributed by atoms with Crippen molar-refractivity contribution in [3.8, 4) is 0 Å². The molecule has 4 heteroatoms. The molecule has 0 fully saturated rings. The Bertz CT molecular complexity index is 555. The van der Waals surface area contributed by atoms with E-state index >= 15 is 0 Å². The minimum absolute atomic E-state index is 0.0194. The first-order chi connectivity index (χ1) is 9.10. The third-order valence-electron chi connectivity index (χ3n) is 3.05. The first-order valence-corrected chi connectivity index (χ1v) is 6.64. The van der Waals surface area contributed by atoms with Gasteiger partial charge in [0.15, 0.2) is 11.6 Å². The van der Waals surface area contributed by atoms with Crippen molar-refractivity contribution < 1.29 is 4.39 Å². The van der Waals surface area contributed by atoms with Gasteiger partial charge in [-0.25, -0.2) is 9.37 Å². The Morgan fingerprint density at radius 3 is 2.58 bits per heavy atom. The van der Waals surface area contributed by atoms with Crippen LogP contribution in [0.5, 0.6) is 0 Å². The van der Waals surface area contributed by atoms with Crippen LogP contribution in [-0.2, 0) is 6.42 Å². The maximum atomic E-state index is 13.6. The van der Waals surface area contributed by atoms with Gasteiger partial charge in [-0.3, -0.25) is 0 Å². The predicted molar refractivity (Wildman–Crippen MR) is 77.1 cm³/mol. The third-order valence-corrected chi connectivity index (χ3v) is 3.26. The summed E-state index contributed by atoms with van der Waals surface area (Å²) in [6.07, 6.45) is 2.44. The van der Waals surface area contributed by atoms with Crippen LogP contribution in [0.2, 0.25) is 5.02 Å². The fourth-order valence-electron chi connectivity index (χ4n) is 1.85. The molecule has 19 heavy (non-hydrogen) atoms. The third kappa shape index (κ3) is 3.44. The zero-order valence-electron chi connectivity index (χ0n) is 11.0. The van der Waals surface area contributed by atoms with Crippen molar-refractivity contribution in [3.63, 3.8) is 0 Å². The lowest BCUT2D eigenvalue weighted by atomic mass is 10.1. The van der Waals surface area contributed by atoms with E-state index in [1.807, 2.05) is 19.1 Å². The number of anilines is 1. The van der Waals surface area contributed by atoms with Crippen LogP contribution < -0.4 is 5.32 Å². The molecule has 1 N–H and O–H groups in total. The molecular formula is C15H16ClFN2. The van der Waals surface area contributed by atoms with Gasteiger partial charge in [-0.2, -0.15) is 0 Å². The largest absolute Gasteiger partial charge is 0.361 e. The summed E-state index contributed by atoms with van der Waals surface area (Å²) in [6.45, 7) is 4.08. The summed E-state index contributed by atoms with van der Waals surface area (Å²) in [5, 5.41) is 3.34. The van der Waals surface area contributed by atoms with Crippen LogP contribution in [0.1, 0.15) is 31.0 Å². The number of nitrogens with zero attached hydrogens (tertiary/aromatic N) is 1. The number of halogens is 2. The number of hydrogen-bond acceptors (Lipinski definition) is 2. The summed E-state index contributed by atoms with van der Waals surface area (Å²) >= 11 is 5.67. The van der Waals surface area contributed by atoms with Gasteiger partial charge in [0.05, 0.1) is 11.1 Å². The standard InChI is InChI=1S/C15H16ClFN2/c1-3-11-4-6-12(7-5-11)10(2)19-15-14(17)8-13(16)9-18-15/h4-10H,3H2,1-2H3,(H,18,19). The molecule has 0 bridgehead atoms. The van der Waals surface area contributed by atoms with Gasteiger partial charge < -0.3 is 5.32 Å². The lowest BCUT2D eigenvalue weighted by Crippen LogP contribution is -2.09. The second-order valence-electron chi connectivity index (χ2n) is 4.45. The predicted octanol–water partition coefficient (Wildman–Crippen LogP) is 4.61. The van der Waals surface area contributed by atoms with Gasteiger partial charge in [-0.1, -0.05) is 42.8 Å². The van der Waals surface area contributed by atoms with Crippen LogP contribution >= 0.6 is 11.6 Å². The van der Waals surface area contributed by atoms with Crippen LogP contribution in [-0.4, -0.2) is 4.98 Å². The van der Waals surface area contributed by atoms with Crippen LogP contribution in [0.4, 0.5) is 10.2 Å². The first-order valence-electron chi connectivity index (χ1n) is 6.26. The van der Waals surface area contributed by atoms with E-state index in [0.717, 1.165) is 12.0 Å². The van der Waals surface area contributed by atoms with Crippen molar-refractivity contribution in [2.24, 2.45) is 0 Å². The number of nitrogens with one attached hydrogen (secondary N) is 1. The molecule has 0 aliphatic carbocycles. The molecule has 2 aromatic rings. The summed E-state index contributed by atoms with van der Waals surface area (Å²) in [5.41, 5.74) is 2.38. The Morgan fingerprint density at radius 2 is 2.00 bits per heavy atom.